The van der Waals surface area contributed by atoms with Gasteiger partial charge in [-0.3, -0.25) is 4.79 Å². The highest BCUT2D eigenvalue weighted by Crippen LogP contribution is 2.57. The molecule has 1 aliphatic carbocycles. The summed E-state index contributed by atoms with van der Waals surface area (Å²) in [5, 5.41) is 0. The Morgan fingerprint density at radius 3 is 2.73 bits per heavy atom. The van der Waals surface area contributed by atoms with Crippen molar-refractivity contribution in [3.63, 3.8) is 0 Å². The van der Waals surface area contributed by atoms with Crippen LogP contribution in [0.15, 0.2) is 0 Å². The Labute approximate surface area is 98.9 Å². The zero-order chi connectivity index (χ0) is 10.3. The fourth-order valence-corrected chi connectivity index (χ4v) is 6.67. The molecule has 3 fully saturated rings. The molecule has 0 unspecified atom stereocenters. The molecular weight excluding hydrogens is 228 g/mol. The number of esters is 1. The van der Waals surface area contributed by atoms with Crippen LogP contribution in [0, 0.1) is 5.92 Å². The first-order valence-electron chi connectivity index (χ1n) is 5.78. The smallest absolute Gasteiger partial charge is 0.308 e. The summed E-state index contributed by atoms with van der Waals surface area (Å²) in [4.78, 5) is 11.6. The Kier molecular flexibility index (Phi) is 2.67. The minimum Gasteiger partial charge on any atom is -0.462 e. The molecule has 0 aromatic heterocycles. The van der Waals surface area contributed by atoms with Gasteiger partial charge in [0, 0.05) is 17.4 Å². The molecule has 3 rings (SSSR count). The Balaban J connectivity index is 1.87. The molecule has 2 nitrogen and oxygen atoms in total. The minimum absolute atomic E-state index is 0.0417. The van der Waals surface area contributed by atoms with E-state index in [1.165, 1.54) is 30.8 Å². The summed E-state index contributed by atoms with van der Waals surface area (Å²) in [5.74, 6) is 3.09. The van der Waals surface area contributed by atoms with Crippen molar-refractivity contribution < 1.29 is 9.53 Å². The van der Waals surface area contributed by atoms with Crippen molar-refractivity contribution in [2.75, 3.05) is 11.5 Å². The van der Waals surface area contributed by atoms with Crippen molar-refractivity contribution in [2.24, 2.45) is 5.92 Å². The van der Waals surface area contributed by atoms with Crippen LogP contribution in [0.1, 0.15) is 32.1 Å². The zero-order valence-electron chi connectivity index (χ0n) is 8.74. The van der Waals surface area contributed by atoms with Crippen molar-refractivity contribution in [3.8, 4) is 0 Å². The SMILES string of the molecule is O=C1CC2(SCCS2)[C@H]2CCCC[C@@H]2O1. The summed E-state index contributed by atoms with van der Waals surface area (Å²) in [6.45, 7) is 0. The number of carbonyl (C=O) groups excluding carboxylic acids is 1. The quantitative estimate of drug-likeness (QED) is 0.612. The Bertz CT molecular complexity index is 274. The minimum atomic E-state index is 0.0417. The molecule has 2 aliphatic heterocycles. The van der Waals surface area contributed by atoms with E-state index >= 15 is 0 Å². The monoisotopic (exact) mass is 244 g/mol. The van der Waals surface area contributed by atoms with Crippen molar-refractivity contribution in [1.29, 1.82) is 0 Å². The van der Waals surface area contributed by atoms with E-state index in [9.17, 15) is 4.79 Å². The number of carbonyl (C=O) groups is 1. The van der Waals surface area contributed by atoms with Crippen LogP contribution in [0.2, 0.25) is 0 Å². The lowest BCUT2D eigenvalue weighted by Gasteiger charge is -2.46. The summed E-state index contributed by atoms with van der Waals surface area (Å²) in [5.41, 5.74) is 0. The Morgan fingerprint density at radius 1 is 1.20 bits per heavy atom. The van der Waals surface area contributed by atoms with Gasteiger partial charge in [-0.05, 0) is 19.3 Å². The maximum Gasteiger partial charge on any atom is 0.308 e. The molecule has 3 aliphatic rings. The summed E-state index contributed by atoms with van der Waals surface area (Å²) in [6, 6.07) is 0. The van der Waals surface area contributed by atoms with Crippen LogP contribution in [0.25, 0.3) is 0 Å². The normalized spacial score (nSPS) is 38.8. The number of rotatable bonds is 0. The van der Waals surface area contributed by atoms with Gasteiger partial charge in [-0.2, -0.15) is 0 Å². The van der Waals surface area contributed by atoms with Crippen LogP contribution in [0.4, 0.5) is 0 Å². The molecule has 0 N–H and O–H groups in total. The lowest BCUT2D eigenvalue weighted by atomic mass is 9.81. The van der Waals surface area contributed by atoms with E-state index in [0.717, 1.165) is 6.42 Å². The van der Waals surface area contributed by atoms with Gasteiger partial charge in [-0.15, -0.1) is 23.5 Å². The average molecular weight is 244 g/mol. The average Bonchev–Trinajstić information content (AvgIpc) is 2.67. The molecule has 4 heteroatoms. The molecular formula is C11H16O2S2. The van der Waals surface area contributed by atoms with E-state index in [-0.39, 0.29) is 16.2 Å². The molecule has 2 atom stereocenters. The van der Waals surface area contributed by atoms with Gasteiger partial charge in [-0.25, -0.2) is 0 Å². The third-order valence-electron chi connectivity index (χ3n) is 3.72. The van der Waals surface area contributed by atoms with Crippen LogP contribution in [0.3, 0.4) is 0 Å². The molecule has 0 aromatic rings. The third kappa shape index (κ3) is 1.70. The van der Waals surface area contributed by atoms with E-state index in [2.05, 4.69) is 0 Å². The summed E-state index contributed by atoms with van der Waals surface area (Å²) in [7, 11) is 0. The topological polar surface area (TPSA) is 26.3 Å². The number of thioether (sulfide) groups is 2. The number of hydrogen-bond donors (Lipinski definition) is 0. The molecule has 0 radical (unpaired) electrons. The van der Waals surface area contributed by atoms with Gasteiger partial charge < -0.3 is 4.74 Å². The number of fused-ring (bicyclic) bond motifs is 2. The summed E-state index contributed by atoms with van der Waals surface area (Å²) in [6.07, 6.45) is 5.79. The fourth-order valence-electron chi connectivity index (χ4n) is 3.07. The molecule has 1 saturated carbocycles. The van der Waals surface area contributed by atoms with Gasteiger partial charge in [0.1, 0.15) is 6.10 Å². The summed E-state index contributed by atoms with van der Waals surface area (Å²) >= 11 is 4.03. The molecule has 0 bridgehead atoms. The summed E-state index contributed by atoms with van der Waals surface area (Å²) < 4.78 is 5.71. The first-order chi connectivity index (χ1) is 7.30. The van der Waals surface area contributed by atoms with Crippen LogP contribution in [0.5, 0.6) is 0 Å². The van der Waals surface area contributed by atoms with Crippen LogP contribution in [-0.2, 0) is 9.53 Å². The second-order valence-electron chi connectivity index (χ2n) is 4.60. The molecule has 0 aromatic carbocycles. The molecule has 84 valence electrons. The Hall–Kier alpha value is 0.170. The largest absolute Gasteiger partial charge is 0.462 e. The van der Waals surface area contributed by atoms with E-state index in [1.807, 2.05) is 23.5 Å². The van der Waals surface area contributed by atoms with Crippen molar-refractivity contribution >= 4 is 29.5 Å². The van der Waals surface area contributed by atoms with Crippen molar-refractivity contribution in [1.82, 2.24) is 0 Å². The fraction of sp³-hybridized carbons (Fsp3) is 0.909. The predicted molar refractivity (Wildman–Crippen MR) is 64.1 cm³/mol. The van der Waals surface area contributed by atoms with Gasteiger partial charge in [0.05, 0.1) is 10.5 Å². The molecule has 1 spiro atoms. The predicted octanol–water partition coefficient (Wildman–Crippen LogP) is 2.67. The van der Waals surface area contributed by atoms with Gasteiger partial charge in [-0.1, -0.05) is 6.42 Å². The lowest BCUT2D eigenvalue weighted by Crippen LogP contribution is -2.48. The first kappa shape index (κ1) is 10.3. The van der Waals surface area contributed by atoms with Crippen molar-refractivity contribution in [3.05, 3.63) is 0 Å². The molecule has 2 saturated heterocycles. The van der Waals surface area contributed by atoms with Crippen molar-refractivity contribution in [2.45, 2.75) is 42.3 Å². The lowest BCUT2D eigenvalue weighted by molar-refractivity contribution is -0.160. The Morgan fingerprint density at radius 2 is 1.93 bits per heavy atom. The highest BCUT2D eigenvalue weighted by molar-refractivity contribution is 8.21. The van der Waals surface area contributed by atoms with E-state index < -0.39 is 0 Å². The first-order valence-corrected chi connectivity index (χ1v) is 7.75. The molecule has 0 amide bonds. The second-order valence-corrected chi connectivity index (χ2v) is 7.71. The number of hydrogen-bond acceptors (Lipinski definition) is 4. The number of ether oxygens (including phenoxy) is 1. The standard InChI is InChI=1S/C11H16O2S2/c12-10-7-11(14-5-6-15-11)8-3-1-2-4-9(8)13-10/h8-9H,1-7H2/t8-,9-/m0/s1. The maximum atomic E-state index is 11.6. The highest BCUT2D eigenvalue weighted by atomic mass is 32.2. The van der Waals surface area contributed by atoms with Crippen LogP contribution in [-0.4, -0.2) is 27.7 Å². The van der Waals surface area contributed by atoms with E-state index in [0.29, 0.717) is 12.3 Å². The second kappa shape index (κ2) is 3.88. The van der Waals surface area contributed by atoms with Gasteiger partial charge in [0.2, 0.25) is 0 Å². The zero-order valence-corrected chi connectivity index (χ0v) is 10.4. The maximum absolute atomic E-state index is 11.6. The molecule has 2 heterocycles. The van der Waals surface area contributed by atoms with Gasteiger partial charge in [0.15, 0.2) is 0 Å². The highest BCUT2D eigenvalue weighted by Gasteiger charge is 2.53. The van der Waals surface area contributed by atoms with Gasteiger partial charge in [0.25, 0.3) is 0 Å². The van der Waals surface area contributed by atoms with Gasteiger partial charge >= 0.3 is 5.97 Å². The van der Waals surface area contributed by atoms with E-state index in [4.69, 9.17) is 4.74 Å². The van der Waals surface area contributed by atoms with Crippen LogP contribution >= 0.6 is 23.5 Å². The molecule has 15 heavy (non-hydrogen) atoms. The third-order valence-corrected chi connectivity index (χ3v) is 7.37. The van der Waals surface area contributed by atoms with Crippen LogP contribution < -0.4 is 0 Å². The van der Waals surface area contributed by atoms with E-state index in [1.54, 1.807) is 0 Å².